The van der Waals surface area contributed by atoms with Crippen LogP contribution >= 0.6 is 0 Å². The van der Waals surface area contributed by atoms with Crippen LogP contribution in [-0.2, 0) is 6.54 Å². The van der Waals surface area contributed by atoms with Gasteiger partial charge >= 0.3 is 6.18 Å². The number of aryl methyl sites for hydroxylation is 1. The van der Waals surface area contributed by atoms with E-state index in [2.05, 4.69) is 15.6 Å². The number of anilines is 1. The second-order valence-corrected chi connectivity index (χ2v) is 5.44. The van der Waals surface area contributed by atoms with Gasteiger partial charge in [0.2, 0.25) is 0 Å². The van der Waals surface area contributed by atoms with Crippen LogP contribution in [0, 0.1) is 6.92 Å². The molecule has 3 rings (SSSR count). The quantitative estimate of drug-likeness (QED) is 0.779. The molecule has 2 heterocycles. The lowest BCUT2D eigenvalue weighted by Crippen LogP contribution is -2.18. The highest BCUT2D eigenvalue weighted by Gasteiger charge is 2.28. The third-order valence-electron chi connectivity index (χ3n) is 3.31. The van der Waals surface area contributed by atoms with E-state index in [1.165, 1.54) is 6.07 Å². The summed E-state index contributed by atoms with van der Waals surface area (Å²) in [6, 6.07) is 8.91. The molecule has 0 atom stereocenters. The number of alkyl halides is 3. The molecule has 0 bridgehead atoms. The zero-order chi connectivity index (χ0) is 18.0. The topological polar surface area (TPSA) is 73.0 Å². The van der Waals surface area contributed by atoms with Crippen molar-refractivity contribution in [1.82, 2.24) is 14.9 Å². The number of hydrogen-bond acceptors (Lipinski definition) is 4. The van der Waals surface area contributed by atoms with Crippen LogP contribution in [0.25, 0.3) is 11.3 Å². The lowest BCUT2D eigenvalue weighted by molar-refractivity contribution is -0.142. The molecule has 0 saturated heterocycles. The molecule has 25 heavy (non-hydrogen) atoms. The molecule has 1 N–H and O–H groups in total. The van der Waals surface area contributed by atoms with Gasteiger partial charge in [-0.25, -0.2) is 0 Å². The number of halogens is 3. The summed E-state index contributed by atoms with van der Waals surface area (Å²) in [6.07, 6.45) is -2.17. The van der Waals surface area contributed by atoms with Crippen molar-refractivity contribution in [1.29, 1.82) is 0 Å². The van der Waals surface area contributed by atoms with Crippen molar-refractivity contribution in [3.63, 3.8) is 0 Å². The Morgan fingerprint density at radius 2 is 2.00 bits per heavy atom. The minimum atomic E-state index is -4.39. The molecule has 1 amide bonds. The van der Waals surface area contributed by atoms with Crippen molar-refractivity contribution < 1.29 is 22.5 Å². The first-order valence-electron chi connectivity index (χ1n) is 7.24. The van der Waals surface area contributed by atoms with Crippen LogP contribution in [0.2, 0.25) is 0 Å². The fourth-order valence-corrected chi connectivity index (χ4v) is 2.13. The Balaban J connectivity index is 1.69. The van der Waals surface area contributed by atoms with Gasteiger partial charge in [-0.3, -0.25) is 9.48 Å². The van der Waals surface area contributed by atoms with E-state index >= 15 is 0 Å². The molecule has 1 aromatic carbocycles. The Morgan fingerprint density at radius 3 is 2.68 bits per heavy atom. The van der Waals surface area contributed by atoms with Crippen molar-refractivity contribution in [2.45, 2.75) is 19.6 Å². The van der Waals surface area contributed by atoms with Crippen LogP contribution in [0.15, 0.2) is 47.2 Å². The smallest absolute Gasteiger partial charge is 0.355 e. The summed E-state index contributed by atoms with van der Waals surface area (Å²) in [7, 11) is 0. The maximum absolute atomic E-state index is 12.3. The van der Waals surface area contributed by atoms with Gasteiger partial charge in [-0.05, 0) is 6.92 Å². The fraction of sp³-hybridized carbons (Fsp3) is 0.188. The van der Waals surface area contributed by atoms with Gasteiger partial charge in [0.1, 0.15) is 6.54 Å². The van der Waals surface area contributed by atoms with E-state index in [9.17, 15) is 18.0 Å². The van der Waals surface area contributed by atoms with Crippen LogP contribution in [-0.4, -0.2) is 27.0 Å². The van der Waals surface area contributed by atoms with Gasteiger partial charge < -0.3 is 9.84 Å². The largest absolute Gasteiger partial charge is 0.408 e. The standard InChI is InChI=1S/C16H13F3N4O2/c1-10-2-4-11(5-3-10)14-6-13(22-25-14)15(24)21-12-7-20-23(8-12)9-16(17,18)19/h2-8H,9H2,1H3,(H,21,24). The molecule has 130 valence electrons. The maximum atomic E-state index is 12.3. The molecule has 2 aromatic heterocycles. The van der Waals surface area contributed by atoms with Crippen LogP contribution in [0.5, 0.6) is 0 Å². The second kappa shape index (κ2) is 6.42. The summed E-state index contributed by atoms with van der Waals surface area (Å²) < 4.78 is 42.7. The van der Waals surface area contributed by atoms with Gasteiger partial charge in [0.05, 0.1) is 11.9 Å². The molecule has 0 spiro atoms. The second-order valence-electron chi connectivity index (χ2n) is 5.44. The Hall–Kier alpha value is -3.10. The lowest BCUT2D eigenvalue weighted by atomic mass is 10.1. The SMILES string of the molecule is Cc1ccc(-c2cc(C(=O)Nc3cnn(CC(F)(F)F)c3)no2)cc1. The molecule has 0 unspecified atom stereocenters. The number of amides is 1. The summed E-state index contributed by atoms with van der Waals surface area (Å²) >= 11 is 0. The first-order valence-corrected chi connectivity index (χ1v) is 7.24. The van der Waals surface area contributed by atoms with Gasteiger partial charge in [0.15, 0.2) is 11.5 Å². The summed E-state index contributed by atoms with van der Waals surface area (Å²) in [5, 5.41) is 9.66. The van der Waals surface area contributed by atoms with Gasteiger partial charge in [-0.15, -0.1) is 0 Å². The van der Waals surface area contributed by atoms with E-state index in [0.717, 1.165) is 23.5 Å². The Kier molecular flexibility index (Phi) is 4.30. The Labute approximate surface area is 140 Å². The van der Waals surface area contributed by atoms with E-state index in [1.54, 1.807) is 0 Å². The van der Waals surface area contributed by atoms with E-state index in [1.807, 2.05) is 31.2 Å². The van der Waals surface area contributed by atoms with Crippen LogP contribution < -0.4 is 5.32 Å². The minimum Gasteiger partial charge on any atom is -0.355 e. The number of aromatic nitrogens is 3. The summed E-state index contributed by atoms with van der Waals surface area (Å²) in [5.74, 6) is -0.188. The molecule has 0 radical (unpaired) electrons. The molecule has 0 fully saturated rings. The maximum Gasteiger partial charge on any atom is 0.408 e. The number of carbonyl (C=O) groups is 1. The fourth-order valence-electron chi connectivity index (χ4n) is 2.13. The Bertz CT molecular complexity index is 881. The van der Waals surface area contributed by atoms with Gasteiger partial charge in [0, 0.05) is 17.8 Å². The molecule has 0 aliphatic carbocycles. The average molecular weight is 350 g/mol. The summed E-state index contributed by atoms with van der Waals surface area (Å²) in [5.41, 5.74) is 1.99. The van der Waals surface area contributed by atoms with Crippen molar-refractivity contribution in [2.75, 3.05) is 5.32 Å². The van der Waals surface area contributed by atoms with Crippen molar-refractivity contribution >= 4 is 11.6 Å². The highest BCUT2D eigenvalue weighted by atomic mass is 19.4. The van der Waals surface area contributed by atoms with Gasteiger partial charge in [-0.2, -0.15) is 18.3 Å². The molecule has 0 aliphatic heterocycles. The highest BCUT2D eigenvalue weighted by molar-refractivity contribution is 6.03. The molecule has 0 aliphatic rings. The number of nitrogens with one attached hydrogen (secondary N) is 1. The average Bonchev–Trinajstić information content (AvgIpc) is 3.16. The van der Waals surface area contributed by atoms with E-state index in [4.69, 9.17) is 4.52 Å². The van der Waals surface area contributed by atoms with Crippen LogP contribution in [0.4, 0.5) is 18.9 Å². The monoisotopic (exact) mass is 350 g/mol. The molecule has 6 nitrogen and oxygen atoms in total. The van der Waals surface area contributed by atoms with Crippen molar-refractivity contribution in [3.8, 4) is 11.3 Å². The number of benzene rings is 1. The Morgan fingerprint density at radius 1 is 1.28 bits per heavy atom. The number of carbonyl (C=O) groups excluding carboxylic acids is 1. The predicted octanol–water partition coefficient (Wildman–Crippen LogP) is 3.66. The lowest BCUT2D eigenvalue weighted by Gasteiger charge is -2.05. The first-order chi connectivity index (χ1) is 11.8. The predicted molar refractivity (Wildman–Crippen MR) is 82.9 cm³/mol. The molecular formula is C16H13F3N4O2. The number of rotatable bonds is 4. The van der Waals surface area contributed by atoms with E-state index in [0.29, 0.717) is 10.4 Å². The first kappa shape index (κ1) is 16.7. The molecule has 0 saturated carbocycles. The number of hydrogen-bond donors (Lipinski definition) is 1. The zero-order valence-corrected chi connectivity index (χ0v) is 13.0. The number of nitrogens with zero attached hydrogens (tertiary/aromatic N) is 3. The van der Waals surface area contributed by atoms with Gasteiger partial charge in [0.25, 0.3) is 5.91 Å². The molecular weight excluding hydrogens is 337 g/mol. The zero-order valence-electron chi connectivity index (χ0n) is 13.0. The van der Waals surface area contributed by atoms with Crippen LogP contribution in [0.3, 0.4) is 0 Å². The summed E-state index contributed by atoms with van der Waals surface area (Å²) in [6.45, 7) is 0.715. The summed E-state index contributed by atoms with van der Waals surface area (Å²) in [4.78, 5) is 12.1. The van der Waals surface area contributed by atoms with E-state index in [-0.39, 0.29) is 11.4 Å². The molecule has 9 heteroatoms. The molecule has 3 aromatic rings. The van der Waals surface area contributed by atoms with Crippen molar-refractivity contribution in [3.05, 3.63) is 54.0 Å². The van der Waals surface area contributed by atoms with Crippen molar-refractivity contribution in [2.24, 2.45) is 0 Å². The minimum absolute atomic E-state index is 0.0131. The van der Waals surface area contributed by atoms with E-state index < -0.39 is 18.6 Å². The highest BCUT2D eigenvalue weighted by Crippen LogP contribution is 2.22. The third-order valence-corrected chi connectivity index (χ3v) is 3.31. The van der Waals surface area contributed by atoms with Crippen LogP contribution in [0.1, 0.15) is 16.1 Å². The third kappa shape index (κ3) is 4.25. The normalized spacial score (nSPS) is 11.5. The van der Waals surface area contributed by atoms with Gasteiger partial charge in [-0.1, -0.05) is 35.0 Å².